The number of methoxy groups -OCH3 is 1. The van der Waals surface area contributed by atoms with Gasteiger partial charge in [0.25, 0.3) is 0 Å². The molecule has 0 unspecified atom stereocenters. The Kier molecular flexibility index (Phi) is 4.87. The minimum atomic E-state index is -0.154. The van der Waals surface area contributed by atoms with Crippen LogP contribution in [0.15, 0.2) is 59.8 Å². The summed E-state index contributed by atoms with van der Waals surface area (Å²) in [4.78, 5) is 12.3. The van der Waals surface area contributed by atoms with Crippen molar-refractivity contribution in [3.8, 4) is 5.75 Å². The number of carbonyl (C=O) groups is 1. The molecule has 136 valence electrons. The maximum atomic E-state index is 12.3. The van der Waals surface area contributed by atoms with Crippen LogP contribution < -0.4 is 10.1 Å². The molecule has 2 heterocycles. The van der Waals surface area contributed by atoms with E-state index in [1.807, 2.05) is 40.8 Å². The lowest BCUT2D eigenvalue weighted by Gasteiger charge is -2.08. The first-order chi connectivity index (χ1) is 13.2. The number of nitrogens with one attached hydrogen (secondary N) is 1. The largest absolute Gasteiger partial charge is 0.495 e. The molecule has 2 aromatic carbocycles. The molecule has 4 aromatic rings. The molecule has 0 saturated carbocycles. The fraction of sp³-hybridized carbons (Fsp3) is 0.105. The molecule has 1 amide bonds. The summed E-state index contributed by atoms with van der Waals surface area (Å²) < 4.78 is 7.07. The molecular weight excluding hydrogens is 384 g/mol. The summed E-state index contributed by atoms with van der Waals surface area (Å²) in [5.41, 5.74) is 2.37. The van der Waals surface area contributed by atoms with Gasteiger partial charge in [0.05, 0.1) is 23.4 Å². The van der Waals surface area contributed by atoms with E-state index in [0.29, 0.717) is 21.6 Å². The number of thioether (sulfide) groups is 1. The number of fused-ring (bicyclic) bond motifs is 3. The van der Waals surface area contributed by atoms with Gasteiger partial charge in [-0.3, -0.25) is 9.20 Å². The Bertz CT molecular complexity index is 1150. The Morgan fingerprint density at radius 2 is 2.04 bits per heavy atom. The molecule has 0 aliphatic carbocycles. The highest BCUT2D eigenvalue weighted by atomic mass is 35.5. The van der Waals surface area contributed by atoms with Gasteiger partial charge >= 0.3 is 0 Å². The summed E-state index contributed by atoms with van der Waals surface area (Å²) in [6.45, 7) is 0. The molecule has 6 nitrogen and oxygen atoms in total. The number of ether oxygens (including phenoxy) is 1. The van der Waals surface area contributed by atoms with Gasteiger partial charge in [0, 0.05) is 5.69 Å². The zero-order valence-electron chi connectivity index (χ0n) is 14.3. The molecule has 8 heteroatoms. The van der Waals surface area contributed by atoms with Gasteiger partial charge in [0.1, 0.15) is 5.75 Å². The third-order valence-corrected chi connectivity index (χ3v) is 5.24. The number of anilines is 1. The van der Waals surface area contributed by atoms with Crippen LogP contribution in [0.25, 0.3) is 16.6 Å². The number of hydrogen-bond donors (Lipinski definition) is 1. The topological polar surface area (TPSA) is 68.5 Å². The number of para-hydroxylation sites is 1. The van der Waals surface area contributed by atoms with Crippen molar-refractivity contribution in [1.29, 1.82) is 0 Å². The molecule has 0 spiro atoms. The number of pyridine rings is 1. The van der Waals surface area contributed by atoms with E-state index < -0.39 is 0 Å². The normalized spacial score (nSPS) is 11.0. The van der Waals surface area contributed by atoms with E-state index in [9.17, 15) is 4.79 Å². The maximum Gasteiger partial charge on any atom is 0.234 e. The van der Waals surface area contributed by atoms with Gasteiger partial charge in [0.2, 0.25) is 5.91 Å². The monoisotopic (exact) mass is 398 g/mol. The quantitative estimate of drug-likeness (QED) is 0.508. The highest BCUT2D eigenvalue weighted by molar-refractivity contribution is 7.99. The van der Waals surface area contributed by atoms with Gasteiger partial charge in [-0.2, -0.15) is 0 Å². The predicted octanol–water partition coefficient (Wildman–Crippen LogP) is 4.28. The Morgan fingerprint density at radius 1 is 1.19 bits per heavy atom. The molecule has 0 radical (unpaired) electrons. The lowest BCUT2D eigenvalue weighted by molar-refractivity contribution is -0.113. The summed E-state index contributed by atoms with van der Waals surface area (Å²) in [5, 5.41) is 13.4. The third kappa shape index (κ3) is 3.56. The first-order valence-corrected chi connectivity index (χ1v) is 9.51. The molecule has 0 aliphatic heterocycles. The highest BCUT2D eigenvalue weighted by Gasteiger charge is 2.12. The average molecular weight is 399 g/mol. The van der Waals surface area contributed by atoms with Crippen LogP contribution in [0.5, 0.6) is 5.75 Å². The molecule has 0 aliphatic rings. The van der Waals surface area contributed by atoms with Gasteiger partial charge < -0.3 is 10.1 Å². The van der Waals surface area contributed by atoms with Crippen LogP contribution in [-0.2, 0) is 4.79 Å². The summed E-state index contributed by atoms with van der Waals surface area (Å²) in [7, 11) is 1.54. The van der Waals surface area contributed by atoms with Crippen molar-refractivity contribution in [3.05, 3.63) is 59.6 Å². The number of rotatable bonds is 5. The third-order valence-electron chi connectivity index (χ3n) is 4.02. The summed E-state index contributed by atoms with van der Waals surface area (Å²) in [5.74, 6) is 0.609. The molecule has 0 saturated heterocycles. The maximum absolute atomic E-state index is 12.3. The van der Waals surface area contributed by atoms with Crippen LogP contribution in [0.1, 0.15) is 0 Å². The summed E-state index contributed by atoms with van der Waals surface area (Å²) >= 11 is 7.42. The Balaban J connectivity index is 1.51. The van der Waals surface area contributed by atoms with Crippen LogP contribution in [-0.4, -0.2) is 33.4 Å². The first-order valence-electron chi connectivity index (χ1n) is 8.15. The van der Waals surface area contributed by atoms with Crippen molar-refractivity contribution in [2.75, 3.05) is 18.2 Å². The van der Waals surface area contributed by atoms with Crippen LogP contribution in [0, 0.1) is 0 Å². The first kappa shape index (κ1) is 17.6. The molecule has 0 atom stereocenters. The minimum Gasteiger partial charge on any atom is -0.495 e. The molecule has 0 fully saturated rings. The molecule has 2 aromatic heterocycles. The van der Waals surface area contributed by atoms with Crippen molar-refractivity contribution in [3.63, 3.8) is 0 Å². The zero-order chi connectivity index (χ0) is 18.8. The van der Waals surface area contributed by atoms with Crippen molar-refractivity contribution < 1.29 is 9.53 Å². The molecule has 4 rings (SSSR count). The average Bonchev–Trinajstić information content (AvgIpc) is 3.10. The number of benzene rings is 2. The predicted molar refractivity (Wildman–Crippen MR) is 108 cm³/mol. The Morgan fingerprint density at radius 3 is 2.85 bits per heavy atom. The summed E-state index contributed by atoms with van der Waals surface area (Å²) in [6.07, 6.45) is 0. The second kappa shape index (κ2) is 7.46. The van der Waals surface area contributed by atoms with Gasteiger partial charge in [-0.15, -0.1) is 10.2 Å². The second-order valence-corrected chi connectivity index (χ2v) is 7.10. The van der Waals surface area contributed by atoms with Crippen LogP contribution in [0.3, 0.4) is 0 Å². The smallest absolute Gasteiger partial charge is 0.234 e. The number of aromatic nitrogens is 3. The van der Waals surface area contributed by atoms with Crippen LogP contribution >= 0.6 is 23.4 Å². The molecule has 1 N–H and O–H groups in total. The molecule has 27 heavy (non-hydrogen) atoms. The summed E-state index contributed by atoms with van der Waals surface area (Å²) in [6, 6.07) is 17.0. The van der Waals surface area contributed by atoms with Crippen molar-refractivity contribution >= 4 is 51.5 Å². The Labute approximate surface area is 164 Å². The SMILES string of the molecule is COc1ccc(NC(=O)CSc2nnc3ccc4ccccc4n23)cc1Cl. The van der Waals surface area contributed by atoms with Crippen molar-refractivity contribution in [1.82, 2.24) is 14.6 Å². The highest BCUT2D eigenvalue weighted by Crippen LogP contribution is 2.28. The lowest BCUT2D eigenvalue weighted by Crippen LogP contribution is -2.14. The standard InChI is InChI=1S/C19H15ClN4O2S/c1-26-16-8-7-13(10-14(16)20)21-18(25)11-27-19-23-22-17-9-6-12-4-2-3-5-15(12)24(17)19/h2-10H,11H2,1H3,(H,21,25). The lowest BCUT2D eigenvalue weighted by atomic mass is 10.2. The van der Waals surface area contributed by atoms with Crippen molar-refractivity contribution in [2.45, 2.75) is 5.16 Å². The van der Waals surface area contributed by atoms with Gasteiger partial charge in [-0.1, -0.05) is 41.6 Å². The van der Waals surface area contributed by atoms with Crippen molar-refractivity contribution in [2.24, 2.45) is 0 Å². The fourth-order valence-electron chi connectivity index (χ4n) is 2.78. The zero-order valence-corrected chi connectivity index (χ0v) is 15.9. The van der Waals surface area contributed by atoms with E-state index in [0.717, 1.165) is 16.6 Å². The van der Waals surface area contributed by atoms with E-state index in [1.54, 1.807) is 25.3 Å². The van der Waals surface area contributed by atoms with Crippen LogP contribution in [0.2, 0.25) is 5.02 Å². The molecular formula is C19H15ClN4O2S. The van der Waals surface area contributed by atoms with Crippen LogP contribution in [0.4, 0.5) is 5.69 Å². The Hall–Kier alpha value is -2.77. The van der Waals surface area contributed by atoms with E-state index in [1.165, 1.54) is 11.8 Å². The molecule has 0 bridgehead atoms. The van der Waals surface area contributed by atoms with Gasteiger partial charge in [-0.05, 0) is 41.8 Å². The van der Waals surface area contributed by atoms with E-state index in [4.69, 9.17) is 16.3 Å². The number of nitrogens with zero attached hydrogens (tertiary/aromatic N) is 3. The second-order valence-electron chi connectivity index (χ2n) is 5.75. The number of halogens is 1. The number of hydrogen-bond acceptors (Lipinski definition) is 5. The van der Waals surface area contributed by atoms with E-state index >= 15 is 0 Å². The van der Waals surface area contributed by atoms with E-state index in [2.05, 4.69) is 15.5 Å². The van der Waals surface area contributed by atoms with Gasteiger partial charge in [-0.25, -0.2) is 0 Å². The van der Waals surface area contributed by atoms with E-state index in [-0.39, 0.29) is 11.7 Å². The minimum absolute atomic E-state index is 0.154. The number of amides is 1. The number of carbonyl (C=O) groups excluding carboxylic acids is 1. The van der Waals surface area contributed by atoms with Gasteiger partial charge in [0.15, 0.2) is 10.8 Å². The fourth-order valence-corrected chi connectivity index (χ4v) is 3.79.